The highest BCUT2D eigenvalue weighted by molar-refractivity contribution is 5.67. The third-order valence-corrected chi connectivity index (χ3v) is 7.92. The van der Waals surface area contributed by atoms with E-state index in [1.54, 1.807) is 19.1 Å². The van der Waals surface area contributed by atoms with Crippen LogP contribution in [0.25, 0.3) is 5.57 Å². The van der Waals surface area contributed by atoms with Gasteiger partial charge >= 0.3 is 0 Å². The van der Waals surface area contributed by atoms with Gasteiger partial charge in [0.1, 0.15) is 0 Å². The Kier molecular flexibility index (Phi) is 8.55. The molecule has 1 saturated carbocycles. The van der Waals surface area contributed by atoms with E-state index in [2.05, 4.69) is 26.8 Å². The predicted octanol–water partition coefficient (Wildman–Crippen LogP) is 7.95. The lowest BCUT2D eigenvalue weighted by atomic mass is 9.54. The maximum Gasteiger partial charge on any atom is 0.201 e. The van der Waals surface area contributed by atoms with Crippen LogP contribution in [0.3, 0.4) is 0 Å². The van der Waals surface area contributed by atoms with Gasteiger partial charge in [-0.15, -0.1) is 0 Å². The SMILES string of the molecule is CCCOC1CCC(CC)(C2CC=C(c3ccc(OCC)c(F)c3F)CC2)C(CC)C1. The molecule has 1 aromatic rings. The summed E-state index contributed by atoms with van der Waals surface area (Å²) in [4.78, 5) is 0. The summed E-state index contributed by atoms with van der Waals surface area (Å²) in [5, 5.41) is 0. The quantitative estimate of drug-likeness (QED) is 0.392. The first-order valence-corrected chi connectivity index (χ1v) is 12.4. The van der Waals surface area contributed by atoms with Crippen LogP contribution in [0.1, 0.15) is 91.0 Å². The van der Waals surface area contributed by atoms with Gasteiger partial charge in [0.15, 0.2) is 11.6 Å². The van der Waals surface area contributed by atoms with Gasteiger partial charge in [0.05, 0.1) is 12.7 Å². The Morgan fingerprint density at radius 3 is 2.48 bits per heavy atom. The Morgan fingerprint density at radius 2 is 1.87 bits per heavy atom. The van der Waals surface area contributed by atoms with Gasteiger partial charge < -0.3 is 9.47 Å². The van der Waals surface area contributed by atoms with Gasteiger partial charge in [-0.2, -0.15) is 4.39 Å². The van der Waals surface area contributed by atoms with Crippen molar-refractivity contribution in [2.24, 2.45) is 17.3 Å². The van der Waals surface area contributed by atoms with E-state index in [1.165, 1.54) is 19.3 Å². The first-order chi connectivity index (χ1) is 15.0. The van der Waals surface area contributed by atoms with Gasteiger partial charge in [0.25, 0.3) is 0 Å². The average Bonchev–Trinajstić information content (AvgIpc) is 2.81. The summed E-state index contributed by atoms with van der Waals surface area (Å²) >= 11 is 0. The van der Waals surface area contributed by atoms with Crippen LogP contribution in [0.4, 0.5) is 8.78 Å². The van der Waals surface area contributed by atoms with Crippen molar-refractivity contribution in [2.45, 2.75) is 91.6 Å². The fourth-order valence-corrected chi connectivity index (χ4v) is 6.25. The van der Waals surface area contributed by atoms with Crippen LogP contribution >= 0.6 is 0 Å². The molecular weight excluding hydrogens is 394 g/mol. The molecule has 0 bridgehead atoms. The molecule has 0 aliphatic heterocycles. The van der Waals surface area contributed by atoms with Crippen molar-refractivity contribution in [1.82, 2.24) is 0 Å². The van der Waals surface area contributed by atoms with E-state index in [0.29, 0.717) is 35.5 Å². The molecule has 3 rings (SSSR count). The van der Waals surface area contributed by atoms with E-state index in [9.17, 15) is 8.78 Å². The summed E-state index contributed by atoms with van der Waals surface area (Å²) in [6, 6.07) is 3.23. The summed E-state index contributed by atoms with van der Waals surface area (Å²) in [6.07, 6.45) is 12.4. The predicted molar refractivity (Wildman–Crippen MR) is 123 cm³/mol. The zero-order chi connectivity index (χ0) is 22.4. The van der Waals surface area contributed by atoms with E-state index in [1.807, 2.05) is 0 Å². The van der Waals surface area contributed by atoms with E-state index < -0.39 is 11.6 Å². The number of hydrogen-bond acceptors (Lipinski definition) is 2. The molecule has 0 amide bonds. The van der Waals surface area contributed by atoms with Crippen LogP contribution in [-0.4, -0.2) is 19.3 Å². The van der Waals surface area contributed by atoms with Gasteiger partial charge in [-0.3, -0.25) is 0 Å². The van der Waals surface area contributed by atoms with Crippen LogP contribution < -0.4 is 4.74 Å². The van der Waals surface area contributed by atoms with Crippen molar-refractivity contribution >= 4 is 5.57 Å². The molecule has 174 valence electrons. The standard InChI is InChI=1S/C27H40F2O2/c1-5-17-31-22-15-16-27(7-3,20(6-2)18-22)21-11-9-19(10-12-21)23-13-14-24(30-8-4)26(29)25(23)28/h9,13-14,20-22H,5-8,10-12,15-18H2,1-4H3. The van der Waals surface area contributed by atoms with Crippen LogP contribution in [-0.2, 0) is 4.74 Å². The maximum absolute atomic E-state index is 14.7. The van der Waals surface area contributed by atoms with E-state index >= 15 is 0 Å². The van der Waals surface area contributed by atoms with Crippen LogP contribution in [0.5, 0.6) is 5.75 Å². The molecule has 0 aromatic heterocycles. The summed E-state index contributed by atoms with van der Waals surface area (Å²) in [7, 11) is 0. The molecule has 1 fully saturated rings. The maximum atomic E-state index is 14.7. The smallest absolute Gasteiger partial charge is 0.201 e. The minimum absolute atomic E-state index is 0.00388. The molecule has 2 aliphatic rings. The number of halogens is 2. The highest BCUT2D eigenvalue weighted by Crippen LogP contribution is 2.55. The molecule has 0 N–H and O–H groups in total. The minimum Gasteiger partial charge on any atom is -0.491 e. The second-order valence-electron chi connectivity index (χ2n) is 9.33. The zero-order valence-corrected chi connectivity index (χ0v) is 19.8. The molecule has 2 nitrogen and oxygen atoms in total. The minimum atomic E-state index is -0.871. The number of ether oxygens (including phenoxy) is 2. The van der Waals surface area contributed by atoms with Crippen molar-refractivity contribution in [3.8, 4) is 5.75 Å². The summed E-state index contributed by atoms with van der Waals surface area (Å²) < 4.78 is 40.4. The molecule has 31 heavy (non-hydrogen) atoms. The van der Waals surface area contributed by atoms with Gasteiger partial charge in [0, 0.05) is 12.2 Å². The molecule has 4 unspecified atom stereocenters. The fraction of sp³-hybridized carbons (Fsp3) is 0.704. The topological polar surface area (TPSA) is 18.5 Å². The van der Waals surface area contributed by atoms with Crippen molar-refractivity contribution in [3.63, 3.8) is 0 Å². The van der Waals surface area contributed by atoms with Gasteiger partial charge in [0.2, 0.25) is 5.82 Å². The molecular formula is C27H40F2O2. The monoisotopic (exact) mass is 434 g/mol. The molecule has 2 aliphatic carbocycles. The highest BCUT2D eigenvalue weighted by atomic mass is 19.2. The summed E-state index contributed by atoms with van der Waals surface area (Å²) in [5.74, 6) is -0.373. The van der Waals surface area contributed by atoms with Crippen molar-refractivity contribution in [3.05, 3.63) is 35.4 Å². The van der Waals surface area contributed by atoms with Crippen LogP contribution in [0, 0.1) is 28.9 Å². The second kappa shape index (κ2) is 10.9. The van der Waals surface area contributed by atoms with E-state index in [4.69, 9.17) is 9.47 Å². The molecule has 0 spiro atoms. The molecule has 0 radical (unpaired) electrons. The third kappa shape index (κ3) is 4.99. The fourth-order valence-electron chi connectivity index (χ4n) is 6.25. The van der Waals surface area contributed by atoms with Crippen LogP contribution in [0.2, 0.25) is 0 Å². The average molecular weight is 435 g/mol. The second-order valence-corrected chi connectivity index (χ2v) is 9.33. The Balaban J connectivity index is 1.76. The van der Waals surface area contributed by atoms with E-state index in [-0.39, 0.29) is 5.75 Å². The number of hydrogen-bond donors (Lipinski definition) is 0. The summed E-state index contributed by atoms with van der Waals surface area (Å²) in [6.45, 7) is 9.78. The van der Waals surface area contributed by atoms with Crippen molar-refractivity contribution in [1.29, 1.82) is 0 Å². The summed E-state index contributed by atoms with van der Waals surface area (Å²) in [5.41, 5.74) is 1.68. The number of rotatable bonds is 9. The molecule has 0 saturated heterocycles. The molecule has 4 heteroatoms. The molecule has 0 heterocycles. The van der Waals surface area contributed by atoms with Crippen molar-refractivity contribution < 1.29 is 18.3 Å². The first-order valence-electron chi connectivity index (χ1n) is 12.4. The van der Waals surface area contributed by atoms with Crippen LogP contribution in [0.15, 0.2) is 18.2 Å². The number of allylic oxidation sites excluding steroid dienone is 2. The lowest BCUT2D eigenvalue weighted by Gasteiger charge is -2.52. The lowest BCUT2D eigenvalue weighted by Crippen LogP contribution is -2.44. The normalized spacial score (nSPS) is 29.0. The largest absolute Gasteiger partial charge is 0.491 e. The Morgan fingerprint density at radius 1 is 1.06 bits per heavy atom. The zero-order valence-electron chi connectivity index (χ0n) is 19.8. The van der Waals surface area contributed by atoms with Gasteiger partial charge in [-0.25, -0.2) is 4.39 Å². The Bertz CT molecular complexity index is 760. The van der Waals surface area contributed by atoms with Gasteiger partial charge in [-0.1, -0.05) is 33.3 Å². The van der Waals surface area contributed by atoms with E-state index in [0.717, 1.165) is 50.7 Å². The highest BCUT2D eigenvalue weighted by Gasteiger charge is 2.46. The number of benzene rings is 1. The Hall–Kier alpha value is -1.42. The Labute approximate surface area is 187 Å². The first kappa shape index (κ1) is 24.2. The van der Waals surface area contributed by atoms with Crippen molar-refractivity contribution in [2.75, 3.05) is 13.2 Å². The third-order valence-electron chi connectivity index (χ3n) is 7.92. The van der Waals surface area contributed by atoms with Gasteiger partial charge in [-0.05, 0) is 93.2 Å². The molecule has 1 aromatic carbocycles. The molecule has 4 atom stereocenters. The lowest BCUT2D eigenvalue weighted by molar-refractivity contribution is -0.0666.